The van der Waals surface area contributed by atoms with Crippen LogP contribution >= 0.6 is 0 Å². The molecule has 0 N–H and O–H groups in total. The first-order valence-corrected chi connectivity index (χ1v) is 6.49. The third-order valence-electron chi connectivity index (χ3n) is 2.95. The zero-order valence-electron chi connectivity index (χ0n) is 11.4. The molecule has 0 unspecified atom stereocenters. The van der Waals surface area contributed by atoms with Crippen LogP contribution in [0.5, 0.6) is 0 Å². The van der Waals surface area contributed by atoms with Gasteiger partial charge in [-0.1, -0.05) is 60.7 Å². The summed E-state index contributed by atoms with van der Waals surface area (Å²) in [6, 6.07) is 19.0. The largest absolute Gasteiger partial charge is 0.467 e. The fraction of sp³-hybridized carbons (Fsp3) is 0.176. The number of nitrogens with zero attached hydrogens (tertiary/aromatic N) is 1. The van der Waals surface area contributed by atoms with Crippen molar-refractivity contribution in [2.75, 3.05) is 7.11 Å². The number of carbonyl (C=O) groups excluding carboxylic acids is 1. The molecule has 0 aliphatic heterocycles. The average Bonchev–Trinajstić information content (AvgIpc) is 2.52. The van der Waals surface area contributed by atoms with E-state index in [4.69, 9.17) is 4.74 Å². The topological polar surface area (TPSA) is 38.7 Å². The Hall–Kier alpha value is -2.42. The lowest BCUT2D eigenvalue weighted by Gasteiger charge is -2.10. The van der Waals surface area contributed by atoms with Crippen molar-refractivity contribution in [3.05, 3.63) is 71.8 Å². The molecule has 3 heteroatoms. The smallest absolute Gasteiger partial charge is 0.330 e. The predicted octanol–water partition coefficient (Wildman–Crippen LogP) is 2.89. The third kappa shape index (κ3) is 4.05. The molecule has 2 rings (SSSR count). The van der Waals surface area contributed by atoms with Crippen LogP contribution in [0, 0.1) is 0 Å². The second-order valence-electron chi connectivity index (χ2n) is 4.42. The fourth-order valence-electron chi connectivity index (χ4n) is 1.89. The Balaban J connectivity index is 2.12. The maximum Gasteiger partial charge on any atom is 0.330 e. The lowest BCUT2D eigenvalue weighted by molar-refractivity contribution is -0.142. The second-order valence-corrected chi connectivity index (χ2v) is 4.42. The Morgan fingerprint density at radius 1 is 1.10 bits per heavy atom. The minimum Gasteiger partial charge on any atom is -0.467 e. The van der Waals surface area contributed by atoms with Gasteiger partial charge in [-0.2, -0.15) is 0 Å². The molecule has 1 atom stereocenters. The van der Waals surface area contributed by atoms with Crippen LogP contribution in [0.1, 0.15) is 11.1 Å². The summed E-state index contributed by atoms with van der Waals surface area (Å²) < 4.78 is 4.82. The van der Waals surface area contributed by atoms with Gasteiger partial charge in [0.15, 0.2) is 6.04 Å². The normalized spacial score (nSPS) is 12.2. The van der Waals surface area contributed by atoms with Gasteiger partial charge in [-0.05, 0) is 11.1 Å². The number of benzene rings is 2. The van der Waals surface area contributed by atoms with E-state index in [1.165, 1.54) is 7.11 Å². The van der Waals surface area contributed by atoms with Crippen molar-refractivity contribution in [1.82, 2.24) is 0 Å². The number of carbonyl (C=O) groups is 1. The lowest BCUT2D eigenvalue weighted by Crippen LogP contribution is -2.23. The molecule has 2 aromatic carbocycles. The molecule has 0 bridgehead atoms. The molecule has 20 heavy (non-hydrogen) atoms. The molecule has 2 aromatic rings. The number of aliphatic imine (C=N–C) groups is 1. The number of rotatable bonds is 5. The Bertz CT molecular complexity index is 564. The second kappa shape index (κ2) is 7.24. The van der Waals surface area contributed by atoms with Crippen molar-refractivity contribution < 1.29 is 9.53 Å². The number of esters is 1. The van der Waals surface area contributed by atoms with Crippen molar-refractivity contribution >= 4 is 12.2 Å². The Labute approximate surface area is 118 Å². The summed E-state index contributed by atoms with van der Waals surface area (Å²) >= 11 is 0. The summed E-state index contributed by atoms with van der Waals surface area (Å²) in [5.74, 6) is -0.318. The van der Waals surface area contributed by atoms with E-state index >= 15 is 0 Å². The molecule has 3 nitrogen and oxygen atoms in total. The van der Waals surface area contributed by atoms with Crippen molar-refractivity contribution in [3.63, 3.8) is 0 Å². The molecule has 0 aromatic heterocycles. The predicted molar refractivity (Wildman–Crippen MR) is 80.0 cm³/mol. The monoisotopic (exact) mass is 267 g/mol. The van der Waals surface area contributed by atoms with Gasteiger partial charge in [-0.25, -0.2) is 4.79 Å². The number of ether oxygens (including phenoxy) is 1. The van der Waals surface area contributed by atoms with Gasteiger partial charge >= 0.3 is 5.97 Å². The Kier molecular flexibility index (Phi) is 5.07. The van der Waals surface area contributed by atoms with Gasteiger partial charge in [0.1, 0.15) is 0 Å². The maximum absolute atomic E-state index is 11.8. The van der Waals surface area contributed by atoms with Crippen molar-refractivity contribution in [3.8, 4) is 0 Å². The molecule has 0 saturated carbocycles. The number of methoxy groups -OCH3 is 1. The van der Waals surface area contributed by atoms with Crippen LogP contribution in [0.2, 0.25) is 0 Å². The summed E-state index contributed by atoms with van der Waals surface area (Å²) in [6.07, 6.45) is 2.25. The highest BCUT2D eigenvalue weighted by atomic mass is 16.5. The van der Waals surface area contributed by atoms with Gasteiger partial charge in [0.2, 0.25) is 0 Å². The maximum atomic E-state index is 11.8. The van der Waals surface area contributed by atoms with E-state index in [0.29, 0.717) is 6.42 Å². The highest BCUT2D eigenvalue weighted by molar-refractivity contribution is 5.84. The zero-order chi connectivity index (χ0) is 14.2. The summed E-state index contributed by atoms with van der Waals surface area (Å²) in [6.45, 7) is 0. The highest BCUT2D eigenvalue weighted by Crippen LogP contribution is 2.08. The van der Waals surface area contributed by atoms with Crippen molar-refractivity contribution in [2.45, 2.75) is 12.5 Å². The first kappa shape index (κ1) is 14.0. The van der Waals surface area contributed by atoms with Gasteiger partial charge in [0, 0.05) is 12.6 Å². The molecule has 0 spiro atoms. The fourth-order valence-corrected chi connectivity index (χ4v) is 1.89. The summed E-state index contributed by atoms with van der Waals surface area (Å²) in [5, 5.41) is 0. The van der Waals surface area contributed by atoms with E-state index in [0.717, 1.165) is 11.1 Å². The SMILES string of the molecule is COC(=O)[C@@H](Cc1ccccc1)/N=C\c1ccccc1. The van der Waals surface area contributed by atoms with E-state index in [1.807, 2.05) is 60.7 Å². The van der Waals surface area contributed by atoms with Crippen LogP contribution in [0.15, 0.2) is 65.7 Å². The first-order chi connectivity index (χ1) is 9.79. The highest BCUT2D eigenvalue weighted by Gasteiger charge is 2.17. The summed E-state index contributed by atoms with van der Waals surface area (Å²) in [7, 11) is 1.39. The zero-order valence-corrected chi connectivity index (χ0v) is 11.4. The average molecular weight is 267 g/mol. The molecule has 0 saturated heterocycles. The van der Waals surface area contributed by atoms with E-state index < -0.39 is 6.04 Å². The molecule has 0 aliphatic carbocycles. The van der Waals surface area contributed by atoms with Gasteiger partial charge in [0.05, 0.1) is 7.11 Å². The quantitative estimate of drug-likeness (QED) is 0.617. The van der Waals surface area contributed by atoms with Gasteiger partial charge in [-0.15, -0.1) is 0 Å². The molecule has 0 radical (unpaired) electrons. The summed E-state index contributed by atoms with van der Waals surface area (Å²) in [5.41, 5.74) is 2.03. The van der Waals surface area contributed by atoms with Crippen LogP contribution in [-0.2, 0) is 16.0 Å². The van der Waals surface area contributed by atoms with E-state index in [1.54, 1.807) is 6.21 Å². The molecule has 102 valence electrons. The first-order valence-electron chi connectivity index (χ1n) is 6.49. The molecule has 0 amide bonds. The van der Waals surface area contributed by atoms with Crippen LogP contribution in [0.3, 0.4) is 0 Å². The van der Waals surface area contributed by atoms with Crippen LogP contribution in [0.25, 0.3) is 0 Å². The van der Waals surface area contributed by atoms with E-state index in [-0.39, 0.29) is 5.97 Å². The molecular formula is C17H17NO2. The van der Waals surface area contributed by atoms with E-state index in [2.05, 4.69) is 4.99 Å². The molecule has 0 fully saturated rings. The third-order valence-corrected chi connectivity index (χ3v) is 2.95. The van der Waals surface area contributed by atoms with E-state index in [9.17, 15) is 4.79 Å². The lowest BCUT2D eigenvalue weighted by atomic mass is 10.1. The van der Waals surface area contributed by atoms with Gasteiger partial charge < -0.3 is 4.74 Å². The number of hydrogen-bond acceptors (Lipinski definition) is 3. The van der Waals surface area contributed by atoms with Crippen LogP contribution in [0.4, 0.5) is 0 Å². The minimum atomic E-state index is -0.511. The minimum absolute atomic E-state index is 0.318. The molecule has 0 aliphatic rings. The standard InChI is InChI=1S/C17H17NO2/c1-20-17(19)16(12-14-8-4-2-5-9-14)18-13-15-10-6-3-7-11-15/h2-11,13,16H,12H2,1H3/b18-13-/t16-/m1/s1. The Morgan fingerprint density at radius 2 is 1.70 bits per heavy atom. The van der Waals surface area contributed by atoms with Crippen LogP contribution in [-0.4, -0.2) is 25.3 Å². The van der Waals surface area contributed by atoms with Gasteiger partial charge in [0.25, 0.3) is 0 Å². The van der Waals surface area contributed by atoms with Crippen molar-refractivity contribution in [1.29, 1.82) is 0 Å². The molecule has 0 heterocycles. The van der Waals surface area contributed by atoms with Gasteiger partial charge in [-0.3, -0.25) is 4.99 Å². The summed E-state index contributed by atoms with van der Waals surface area (Å²) in [4.78, 5) is 16.2. The molecular weight excluding hydrogens is 250 g/mol. The van der Waals surface area contributed by atoms with Crippen molar-refractivity contribution in [2.24, 2.45) is 4.99 Å². The number of hydrogen-bond donors (Lipinski definition) is 0. The Morgan fingerprint density at radius 3 is 2.30 bits per heavy atom. The van der Waals surface area contributed by atoms with Crippen LogP contribution < -0.4 is 0 Å².